The fourth-order valence-electron chi connectivity index (χ4n) is 3.94. The summed E-state index contributed by atoms with van der Waals surface area (Å²) in [7, 11) is 0. The number of fused-ring (bicyclic) bond motifs is 3. The van der Waals surface area contributed by atoms with Crippen LogP contribution in [-0.2, 0) is 0 Å². The zero-order valence-corrected chi connectivity index (χ0v) is 13.0. The molecule has 3 nitrogen and oxygen atoms in total. The molecule has 2 aromatic rings. The molecule has 3 heteroatoms. The van der Waals surface area contributed by atoms with Gasteiger partial charge in [0, 0.05) is 11.6 Å². The lowest BCUT2D eigenvalue weighted by Crippen LogP contribution is -2.29. The summed E-state index contributed by atoms with van der Waals surface area (Å²) < 4.78 is 0. The number of rotatable bonds is 2. The first kappa shape index (κ1) is 14.1. The molecule has 0 radical (unpaired) electrons. The summed E-state index contributed by atoms with van der Waals surface area (Å²) in [6.45, 7) is 2.13. The molecular formula is C20H19NO2. The van der Waals surface area contributed by atoms with Crippen LogP contribution in [0.15, 0.2) is 54.6 Å². The van der Waals surface area contributed by atoms with Gasteiger partial charge in [0.15, 0.2) is 0 Å². The Kier molecular flexibility index (Phi) is 3.22. The monoisotopic (exact) mass is 305 g/mol. The number of nitrogens with one attached hydrogen (secondary N) is 1. The van der Waals surface area contributed by atoms with Crippen LogP contribution in [-0.4, -0.2) is 11.1 Å². The highest BCUT2D eigenvalue weighted by Gasteiger charge is 2.38. The molecule has 3 unspecified atom stereocenters. The Bertz CT molecular complexity index is 792. The number of hydrogen-bond donors (Lipinski definition) is 2. The number of carboxylic acid groups (broad SMARTS) is 1. The van der Waals surface area contributed by atoms with Crippen LogP contribution < -0.4 is 5.32 Å². The van der Waals surface area contributed by atoms with E-state index in [-0.39, 0.29) is 6.04 Å². The van der Waals surface area contributed by atoms with E-state index in [0.717, 1.165) is 12.0 Å². The molecule has 2 aliphatic rings. The Morgan fingerprint density at radius 2 is 1.96 bits per heavy atom. The molecule has 1 aliphatic heterocycles. The molecule has 23 heavy (non-hydrogen) atoms. The van der Waals surface area contributed by atoms with E-state index in [0.29, 0.717) is 17.4 Å². The van der Waals surface area contributed by atoms with Crippen molar-refractivity contribution in [2.24, 2.45) is 5.92 Å². The summed E-state index contributed by atoms with van der Waals surface area (Å²) in [4.78, 5) is 11.1. The molecule has 4 rings (SSSR count). The van der Waals surface area contributed by atoms with Crippen LogP contribution in [0.4, 0.5) is 5.69 Å². The molecule has 1 heterocycles. The Labute approximate surface area is 135 Å². The van der Waals surface area contributed by atoms with Crippen molar-refractivity contribution < 1.29 is 9.90 Å². The lowest BCUT2D eigenvalue weighted by atomic mass is 9.76. The van der Waals surface area contributed by atoms with Crippen LogP contribution >= 0.6 is 0 Å². The van der Waals surface area contributed by atoms with Crippen LogP contribution in [0.5, 0.6) is 0 Å². The summed E-state index contributed by atoms with van der Waals surface area (Å²) in [5.74, 6) is 0.0463. The number of carboxylic acids is 1. The number of anilines is 1. The lowest BCUT2D eigenvalue weighted by Gasteiger charge is -2.38. The Hall–Kier alpha value is -2.55. The van der Waals surface area contributed by atoms with Crippen molar-refractivity contribution in [3.05, 3.63) is 76.9 Å². The number of aromatic carboxylic acids is 1. The average molecular weight is 305 g/mol. The zero-order chi connectivity index (χ0) is 16.0. The Morgan fingerprint density at radius 1 is 1.17 bits per heavy atom. The van der Waals surface area contributed by atoms with Gasteiger partial charge in [-0.05, 0) is 48.1 Å². The topological polar surface area (TPSA) is 49.3 Å². The number of allylic oxidation sites excluding steroid dienone is 2. The minimum absolute atomic E-state index is 0.214. The maximum absolute atomic E-state index is 11.1. The van der Waals surface area contributed by atoms with E-state index >= 15 is 0 Å². The second-order valence-corrected chi connectivity index (χ2v) is 6.44. The van der Waals surface area contributed by atoms with E-state index in [2.05, 4.69) is 42.6 Å². The molecule has 0 aromatic heterocycles. The average Bonchev–Trinajstić information content (AvgIpc) is 3.04. The van der Waals surface area contributed by atoms with E-state index in [4.69, 9.17) is 5.11 Å². The van der Waals surface area contributed by atoms with E-state index in [1.807, 2.05) is 12.1 Å². The Morgan fingerprint density at radius 3 is 2.70 bits per heavy atom. The van der Waals surface area contributed by atoms with Crippen molar-refractivity contribution in [2.75, 3.05) is 5.32 Å². The van der Waals surface area contributed by atoms with Gasteiger partial charge in [0.1, 0.15) is 0 Å². The van der Waals surface area contributed by atoms with Crippen LogP contribution in [0.1, 0.15) is 45.4 Å². The van der Waals surface area contributed by atoms with Gasteiger partial charge in [-0.1, -0.05) is 42.5 Å². The number of hydrogen-bond acceptors (Lipinski definition) is 2. The summed E-state index contributed by atoms with van der Waals surface area (Å²) in [6.07, 6.45) is 5.64. The molecular weight excluding hydrogens is 286 g/mol. The maximum Gasteiger partial charge on any atom is 0.335 e. The fraction of sp³-hybridized carbons (Fsp3) is 0.250. The van der Waals surface area contributed by atoms with Crippen molar-refractivity contribution in [2.45, 2.75) is 25.3 Å². The van der Waals surface area contributed by atoms with Crippen LogP contribution in [0, 0.1) is 12.8 Å². The zero-order valence-electron chi connectivity index (χ0n) is 13.0. The maximum atomic E-state index is 11.1. The number of para-hydroxylation sites is 1. The molecule has 3 atom stereocenters. The van der Waals surface area contributed by atoms with Crippen LogP contribution in [0.2, 0.25) is 0 Å². The number of carbonyl (C=O) groups is 1. The van der Waals surface area contributed by atoms with E-state index in [9.17, 15) is 4.79 Å². The summed E-state index contributed by atoms with van der Waals surface area (Å²) in [5.41, 5.74) is 5.35. The molecule has 2 aromatic carbocycles. The van der Waals surface area contributed by atoms with Gasteiger partial charge in [0.05, 0.1) is 11.6 Å². The van der Waals surface area contributed by atoms with Crippen molar-refractivity contribution in [3.8, 4) is 0 Å². The smallest absolute Gasteiger partial charge is 0.335 e. The largest absolute Gasteiger partial charge is 0.478 e. The van der Waals surface area contributed by atoms with Gasteiger partial charge in [0.25, 0.3) is 0 Å². The van der Waals surface area contributed by atoms with Crippen LogP contribution in [0.25, 0.3) is 0 Å². The van der Waals surface area contributed by atoms with Gasteiger partial charge in [0.2, 0.25) is 0 Å². The van der Waals surface area contributed by atoms with E-state index < -0.39 is 5.97 Å². The third kappa shape index (κ3) is 2.24. The summed E-state index contributed by atoms with van der Waals surface area (Å²) in [5, 5.41) is 12.8. The summed E-state index contributed by atoms with van der Waals surface area (Å²) in [6, 6.07) is 14.0. The van der Waals surface area contributed by atoms with Crippen molar-refractivity contribution >= 4 is 11.7 Å². The predicted molar refractivity (Wildman–Crippen MR) is 90.9 cm³/mol. The van der Waals surface area contributed by atoms with Gasteiger partial charge < -0.3 is 10.4 Å². The molecule has 0 saturated carbocycles. The van der Waals surface area contributed by atoms with E-state index in [1.165, 1.54) is 16.8 Å². The molecule has 0 amide bonds. The highest BCUT2D eigenvalue weighted by molar-refractivity contribution is 5.87. The molecule has 1 aliphatic carbocycles. The highest BCUT2D eigenvalue weighted by Crippen LogP contribution is 2.50. The molecule has 0 spiro atoms. The molecule has 0 saturated heterocycles. The minimum atomic E-state index is -0.880. The lowest BCUT2D eigenvalue weighted by molar-refractivity contribution is 0.0697. The third-order valence-corrected chi connectivity index (χ3v) is 5.12. The second-order valence-electron chi connectivity index (χ2n) is 6.44. The molecule has 0 fully saturated rings. The van der Waals surface area contributed by atoms with Gasteiger partial charge in [-0.15, -0.1) is 0 Å². The number of benzene rings is 2. The minimum Gasteiger partial charge on any atom is -0.478 e. The standard InChI is InChI=1S/C20H19NO2/c1-12-4-2-6-16-15-5-3-7-17(15)19(21-18(12)16)13-8-10-14(11-9-13)20(22)23/h2-6,8-11,15,17,19,21H,7H2,1H3,(H,22,23). The van der Waals surface area contributed by atoms with Crippen molar-refractivity contribution in [3.63, 3.8) is 0 Å². The summed E-state index contributed by atoms with van der Waals surface area (Å²) >= 11 is 0. The first-order chi connectivity index (χ1) is 11.1. The first-order valence-electron chi connectivity index (χ1n) is 8.01. The van der Waals surface area contributed by atoms with Gasteiger partial charge >= 0.3 is 5.97 Å². The third-order valence-electron chi connectivity index (χ3n) is 5.12. The molecule has 116 valence electrons. The fourth-order valence-corrected chi connectivity index (χ4v) is 3.94. The van der Waals surface area contributed by atoms with Gasteiger partial charge in [-0.3, -0.25) is 0 Å². The predicted octanol–water partition coefficient (Wildman–Crippen LogP) is 4.52. The molecule has 2 N–H and O–H groups in total. The van der Waals surface area contributed by atoms with Gasteiger partial charge in [-0.2, -0.15) is 0 Å². The quantitative estimate of drug-likeness (QED) is 0.802. The highest BCUT2D eigenvalue weighted by atomic mass is 16.4. The SMILES string of the molecule is Cc1cccc2c1NC(c1ccc(C(=O)O)cc1)C1CC=CC21. The molecule has 0 bridgehead atoms. The van der Waals surface area contributed by atoms with Crippen molar-refractivity contribution in [1.82, 2.24) is 0 Å². The Balaban J connectivity index is 1.75. The normalized spacial score (nSPS) is 24.7. The van der Waals surface area contributed by atoms with Gasteiger partial charge in [-0.25, -0.2) is 4.79 Å². The van der Waals surface area contributed by atoms with Crippen LogP contribution in [0.3, 0.4) is 0 Å². The van der Waals surface area contributed by atoms with Crippen molar-refractivity contribution in [1.29, 1.82) is 0 Å². The first-order valence-corrected chi connectivity index (χ1v) is 8.01. The second kappa shape index (κ2) is 5.27. The number of aryl methyl sites for hydroxylation is 1. The van der Waals surface area contributed by atoms with E-state index in [1.54, 1.807) is 12.1 Å².